The molecule has 0 aromatic carbocycles. The summed E-state index contributed by atoms with van der Waals surface area (Å²) in [5.41, 5.74) is 0. The van der Waals surface area contributed by atoms with Crippen LogP contribution in [0.2, 0.25) is 0 Å². The van der Waals surface area contributed by atoms with Gasteiger partial charge in [0.15, 0.2) is 0 Å². The minimum Gasteiger partial charge on any atom is -0.369 e. The van der Waals surface area contributed by atoms with Crippen molar-refractivity contribution in [1.29, 1.82) is 0 Å². The first-order valence-corrected chi connectivity index (χ1v) is 7.99. The van der Waals surface area contributed by atoms with Crippen molar-refractivity contribution in [1.82, 2.24) is 4.98 Å². The maximum atomic E-state index is 11.5. The van der Waals surface area contributed by atoms with Gasteiger partial charge in [-0.05, 0) is 29.9 Å². The summed E-state index contributed by atoms with van der Waals surface area (Å²) in [6.45, 7) is 9.31. The summed E-state index contributed by atoms with van der Waals surface area (Å²) in [5.74, 6) is 1.79. The number of pyridine rings is 1. The predicted molar refractivity (Wildman–Crippen MR) is 77.3 cm³/mol. The lowest BCUT2D eigenvalue weighted by molar-refractivity contribution is 0.304. The van der Waals surface area contributed by atoms with Gasteiger partial charge in [0, 0.05) is 12.7 Å². The minimum atomic E-state index is -3.75. The number of anilines is 1. The van der Waals surface area contributed by atoms with Crippen LogP contribution < -0.4 is 10.5 Å². The van der Waals surface area contributed by atoms with Crippen molar-refractivity contribution in [2.24, 2.45) is 22.9 Å². The first kappa shape index (κ1) is 15.9. The SMILES string of the molecule is CC(C)C(CNc1ncccc1S(N)(=O)=O)C(C)C. The molecule has 0 aliphatic heterocycles. The van der Waals surface area contributed by atoms with Crippen LogP contribution in [-0.2, 0) is 10.0 Å². The maximum absolute atomic E-state index is 11.5. The van der Waals surface area contributed by atoms with Crippen molar-refractivity contribution in [3.05, 3.63) is 18.3 Å². The van der Waals surface area contributed by atoms with Crippen LogP contribution in [0.5, 0.6) is 0 Å². The van der Waals surface area contributed by atoms with Crippen LogP contribution in [0.4, 0.5) is 5.82 Å². The van der Waals surface area contributed by atoms with Gasteiger partial charge in [0.25, 0.3) is 0 Å². The second kappa shape index (κ2) is 6.34. The molecule has 19 heavy (non-hydrogen) atoms. The third-order valence-corrected chi connectivity index (χ3v) is 4.24. The quantitative estimate of drug-likeness (QED) is 0.838. The van der Waals surface area contributed by atoms with Crippen LogP contribution in [0.15, 0.2) is 23.2 Å². The number of hydrogen-bond acceptors (Lipinski definition) is 4. The van der Waals surface area contributed by atoms with Crippen LogP contribution in [0, 0.1) is 17.8 Å². The lowest BCUT2D eigenvalue weighted by Crippen LogP contribution is -2.26. The van der Waals surface area contributed by atoms with Crippen LogP contribution in [0.1, 0.15) is 27.7 Å². The van der Waals surface area contributed by atoms with Crippen LogP contribution >= 0.6 is 0 Å². The Labute approximate surface area is 115 Å². The molecule has 0 radical (unpaired) electrons. The Kier molecular flexibility index (Phi) is 5.31. The van der Waals surface area contributed by atoms with E-state index in [0.29, 0.717) is 30.1 Å². The lowest BCUT2D eigenvalue weighted by atomic mass is 9.85. The monoisotopic (exact) mass is 285 g/mol. The van der Waals surface area contributed by atoms with Crippen molar-refractivity contribution in [2.75, 3.05) is 11.9 Å². The number of aromatic nitrogens is 1. The third kappa shape index (κ3) is 4.47. The molecular weight excluding hydrogens is 262 g/mol. The number of nitrogens with zero attached hydrogens (tertiary/aromatic N) is 1. The van der Waals surface area contributed by atoms with Crippen molar-refractivity contribution < 1.29 is 8.42 Å². The zero-order valence-electron chi connectivity index (χ0n) is 11.9. The number of nitrogens with one attached hydrogen (secondary N) is 1. The molecule has 0 amide bonds. The second-order valence-electron chi connectivity index (χ2n) is 5.43. The van der Waals surface area contributed by atoms with Crippen LogP contribution in [0.25, 0.3) is 0 Å². The Balaban J connectivity index is 2.89. The molecule has 0 saturated carbocycles. The Morgan fingerprint density at radius 1 is 1.26 bits per heavy atom. The molecule has 0 unspecified atom stereocenters. The molecule has 0 aliphatic carbocycles. The molecule has 1 heterocycles. The van der Waals surface area contributed by atoms with Gasteiger partial charge in [0.1, 0.15) is 10.7 Å². The van der Waals surface area contributed by atoms with Gasteiger partial charge in [-0.2, -0.15) is 0 Å². The number of hydrogen-bond donors (Lipinski definition) is 2. The summed E-state index contributed by atoms with van der Waals surface area (Å²) in [6.07, 6.45) is 1.55. The van der Waals surface area contributed by atoms with E-state index in [1.165, 1.54) is 6.07 Å². The van der Waals surface area contributed by atoms with Crippen molar-refractivity contribution >= 4 is 15.8 Å². The number of sulfonamides is 1. The average Bonchev–Trinajstić information content (AvgIpc) is 2.27. The number of primary sulfonamides is 1. The van der Waals surface area contributed by atoms with Crippen molar-refractivity contribution in [2.45, 2.75) is 32.6 Å². The zero-order valence-corrected chi connectivity index (χ0v) is 12.7. The summed E-state index contributed by atoms with van der Waals surface area (Å²) in [7, 11) is -3.75. The lowest BCUT2D eigenvalue weighted by Gasteiger charge is -2.25. The van der Waals surface area contributed by atoms with E-state index in [1.54, 1.807) is 12.3 Å². The molecule has 1 aromatic rings. The van der Waals surface area contributed by atoms with Gasteiger partial charge >= 0.3 is 0 Å². The fourth-order valence-corrected chi connectivity index (χ4v) is 2.87. The fourth-order valence-electron chi connectivity index (χ4n) is 2.21. The molecule has 108 valence electrons. The number of nitrogens with two attached hydrogens (primary N) is 1. The van der Waals surface area contributed by atoms with E-state index in [2.05, 4.69) is 38.0 Å². The number of rotatable bonds is 6. The standard InChI is InChI=1S/C13H23N3O2S/c1-9(2)11(10(3)4)8-16-13-12(19(14,17)18)6-5-7-15-13/h5-7,9-11H,8H2,1-4H3,(H,15,16)(H2,14,17,18). The summed E-state index contributed by atoms with van der Waals surface area (Å²) in [5, 5.41) is 8.29. The van der Waals surface area contributed by atoms with Gasteiger partial charge < -0.3 is 5.32 Å². The van der Waals surface area contributed by atoms with Gasteiger partial charge in [0.05, 0.1) is 0 Å². The smallest absolute Gasteiger partial charge is 0.241 e. The van der Waals surface area contributed by atoms with Crippen LogP contribution in [-0.4, -0.2) is 19.9 Å². The molecule has 0 saturated heterocycles. The molecule has 1 rings (SSSR count). The van der Waals surface area contributed by atoms with Gasteiger partial charge in [-0.25, -0.2) is 18.5 Å². The molecule has 3 N–H and O–H groups in total. The molecule has 1 aromatic heterocycles. The van der Waals surface area contributed by atoms with E-state index in [4.69, 9.17) is 5.14 Å². The average molecular weight is 285 g/mol. The van der Waals surface area contributed by atoms with E-state index in [0.717, 1.165) is 0 Å². The highest BCUT2D eigenvalue weighted by Gasteiger charge is 2.19. The molecule has 0 aliphatic rings. The summed E-state index contributed by atoms with van der Waals surface area (Å²) >= 11 is 0. The molecule has 6 heteroatoms. The topological polar surface area (TPSA) is 85.1 Å². The minimum absolute atomic E-state index is 0.0428. The molecule has 0 atom stereocenters. The molecule has 0 fully saturated rings. The highest BCUT2D eigenvalue weighted by molar-refractivity contribution is 7.89. The summed E-state index contributed by atoms with van der Waals surface area (Å²) < 4.78 is 22.9. The van der Waals surface area contributed by atoms with E-state index in [-0.39, 0.29) is 4.90 Å². The fraction of sp³-hybridized carbons (Fsp3) is 0.615. The highest BCUT2D eigenvalue weighted by Crippen LogP contribution is 2.22. The molecule has 5 nitrogen and oxygen atoms in total. The highest BCUT2D eigenvalue weighted by atomic mass is 32.2. The van der Waals surface area contributed by atoms with E-state index in [9.17, 15) is 8.42 Å². The predicted octanol–water partition coefficient (Wildman–Crippen LogP) is 2.07. The molecular formula is C13H23N3O2S. The Hall–Kier alpha value is -1.14. The first-order valence-electron chi connectivity index (χ1n) is 6.45. The summed E-state index contributed by atoms with van der Waals surface area (Å²) in [6, 6.07) is 3.03. The Morgan fingerprint density at radius 2 is 1.84 bits per heavy atom. The Morgan fingerprint density at radius 3 is 2.32 bits per heavy atom. The maximum Gasteiger partial charge on any atom is 0.241 e. The van der Waals surface area contributed by atoms with E-state index in [1.807, 2.05) is 0 Å². The van der Waals surface area contributed by atoms with Crippen molar-refractivity contribution in [3.8, 4) is 0 Å². The molecule has 0 bridgehead atoms. The normalized spacial score (nSPS) is 12.4. The van der Waals surface area contributed by atoms with Gasteiger partial charge in [-0.3, -0.25) is 0 Å². The molecule has 0 spiro atoms. The van der Waals surface area contributed by atoms with E-state index >= 15 is 0 Å². The van der Waals surface area contributed by atoms with Crippen molar-refractivity contribution in [3.63, 3.8) is 0 Å². The van der Waals surface area contributed by atoms with Gasteiger partial charge in [-0.1, -0.05) is 27.7 Å². The van der Waals surface area contributed by atoms with Crippen LogP contribution in [0.3, 0.4) is 0 Å². The van der Waals surface area contributed by atoms with Gasteiger partial charge in [-0.15, -0.1) is 0 Å². The second-order valence-corrected chi connectivity index (χ2v) is 6.96. The van der Waals surface area contributed by atoms with Gasteiger partial charge in [0.2, 0.25) is 10.0 Å². The Bertz CT molecular complexity index is 504. The first-order chi connectivity index (χ1) is 8.73. The van der Waals surface area contributed by atoms with E-state index < -0.39 is 10.0 Å². The summed E-state index contributed by atoms with van der Waals surface area (Å²) in [4.78, 5) is 4.11. The zero-order chi connectivity index (χ0) is 14.6. The third-order valence-electron chi connectivity index (χ3n) is 3.30. The largest absolute Gasteiger partial charge is 0.369 e.